The van der Waals surface area contributed by atoms with Gasteiger partial charge < -0.3 is 15.5 Å². The largest absolute Gasteiger partial charge is 0.433 e. The molecule has 7 nitrogen and oxygen atoms in total. The van der Waals surface area contributed by atoms with Crippen molar-refractivity contribution in [1.29, 1.82) is 0 Å². The lowest BCUT2D eigenvalue weighted by molar-refractivity contribution is -0.143. The van der Waals surface area contributed by atoms with Gasteiger partial charge in [-0.2, -0.15) is 18.3 Å². The molecule has 0 saturated heterocycles. The number of aryl methyl sites for hydroxylation is 1. The van der Waals surface area contributed by atoms with Crippen molar-refractivity contribution in [3.8, 4) is 5.69 Å². The summed E-state index contributed by atoms with van der Waals surface area (Å²) in [5.74, 6) is 2.36. The summed E-state index contributed by atoms with van der Waals surface area (Å²) in [6.07, 6.45) is 0.384. The molecule has 0 atom stereocenters. The summed E-state index contributed by atoms with van der Waals surface area (Å²) in [5, 5.41) is 10.8. The van der Waals surface area contributed by atoms with Gasteiger partial charge in [-0.05, 0) is 44.7 Å². The summed E-state index contributed by atoms with van der Waals surface area (Å²) < 4.78 is 42.5. The molecule has 0 unspecified atom stereocenters. The van der Waals surface area contributed by atoms with E-state index < -0.39 is 11.9 Å². The summed E-state index contributed by atoms with van der Waals surface area (Å²) in [7, 11) is 3.88. The minimum absolute atomic E-state index is 0.127. The van der Waals surface area contributed by atoms with E-state index in [1.165, 1.54) is 6.20 Å². The van der Waals surface area contributed by atoms with Crippen molar-refractivity contribution in [2.24, 2.45) is 0 Å². The Labute approximate surface area is 197 Å². The molecule has 182 valence electrons. The van der Waals surface area contributed by atoms with E-state index >= 15 is 0 Å². The van der Waals surface area contributed by atoms with Crippen LogP contribution in [0.5, 0.6) is 0 Å². The van der Waals surface area contributed by atoms with Gasteiger partial charge in [0.2, 0.25) is 0 Å². The van der Waals surface area contributed by atoms with E-state index in [-0.39, 0.29) is 24.2 Å². The van der Waals surface area contributed by atoms with Gasteiger partial charge in [-0.3, -0.25) is 0 Å². The Morgan fingerprint density at radius 2 is 1.71 bits per heavy atom. The second kappa shape index (κ2) is 10.0. The molecular weight excluding hydrogens is 443 g/mol. The van der Waals surface area contributed by atoms with Gasteiger partial charge in [-0.15, -0.1) is 0 Å². The maximum absolute atomic E-state index is 13.8. The maximum Gasteiger partial charge on any atom is 0.433 e. The van der Waals surface area contributed by atoms with E-state index in [4.69, 9.17) is 0 Å². The Morgan fingerprint density at radius 3 is 2.35 bits per heavy atom. The third-order valence-electron chi connectivity index (χ3n) is 6.06. The van der Waals surface area contributed by atoms with Crippen LogP contribution in [0.2, 0.25) is 0 Å². The van der Waals surface area contributed by atoms with Gasteiger partial charge in [0.1, 0.15) is 17.5 Å². The van der Waals surface area contributed by atoms with Crippen LogP contribution in [0, 0.1) is 6.92 Å². The molecule has 1 aliphatic carbocycles. The minimum atomic E-state index is -4.49. The third-order valence-corrected chi connectivity index (χ3v) is 6.06. The van der Waals surface area contributed by atoms with Crippen LogP contribution in [0.3, 0.4) is 0 Å². The van der Waals surface area contributed by atoms with Gasteiger partial charge in [0.25, 0.3) is 0 Å². The first-order chi connectivity index (χ1) is 16.2. The van der Waals surface area contributed by atoms with Gasteiger partial charge in [-0.1, -0.05) is 18.2 Å². The molecule has 2 heterocycles. The minimum Gasteiger partial charge on any atom is -0.367 e. The smallest absolute Gasteiger partial charge is 0.367 e. The zero-order valence-corrected chi connectivity index (χ0v) is 19.6. The van der Waals surface area contributed by atoms with E-state index in [0.717, 1.165) is 42.0 Å². The summed E-state index contributed by atoms with van der Waals surface area (Å²) >= 11 is 0. The van der Waals surface area contributed by atoms with Crippen LogP contribution in [-0.4, -0.2) is 45.9 Å². The molecular formula is C24H30F3N7. The van der Waals surface area contributed by atoms with Gasteiger partial charge >= 0.3 is 6.18 Å². The quantitative estimate of drug-likeness (QED) is 0.524. The van der Waals surface area contributed by atoms with Crippen LogP contribution in [0.25, 0.3) is 5.69 Å². The molecule has 0 amide bonds. The normalized spacial score (nSPS) is 18.6. The lowest BCUT2D eigenvalue weighted by atomic mass is 9.91. The standard InChI is InChI=1S/C24H30F3N7/c1-16-30-21(13-22(31-16)33(2)3)32-19-11-9-18(10-12-19)28-14-17-15-29-34(23(17)24(25,26)27)20-7-5-4-6-8-20/h4-8,13,15,18-19,28H,9-12,14H2,1-3H3,(H,30,31,32). The topological polar surface area (TPSA) is 70.9 Å². The van der Waals surface area contributed by atoms with Crippen molar-refractivity contribution < 1.29 is 13.2 Å². The summed E-state index contributed by atoms with van der Waals surface area (Å²) in [5.41, 5.74) is -0.174. The number of benzene rings is 1. The summed E-state index contributed by atoms with van der Waals surface area (Å²) in [6, 6.07) is 10.8. The predicted octanol–water partition coefficient (Wildman–Crippen LogP) is 4.57. The fourth-order valence-electron chi connectivity index (χ4n) is 4.34. The zero-order chi connectivity index (χ0) is 24.3. The number of rotatable bonds is 7. The van der Waals surface area contributed by atoms with Crippen LogP contribution < -0.4 is 15.5 Å². The lowest BCUT2D eigenvalue weighted by Crippen LogP contribution is -2.37. The highest BCUT2D eigenvalue weighted by atomic mass is 19.4. The highest BCUT2D eigenvalue weighted by Gasteiger charge is 2.38. The molecule has 1 aromatic carbocycles. The van der Waals surface area contributed by atoms with Gasteiger partial charge in [-0.25, -0.2) is 14.6 Å². The number of halogens is 3. The molecule has 0 aliphatic heterocycles. The Bertz CT molecular complexity index is 1090. The van der Waals surface area contributed by atoms with Crippen molar-refractivity contribution in [1.82, 2.24) is 25.1 Å². The number of anilines is 2. The van der Waals surface area contributed by atoms with E-state index in [2.05, 4.69) is 25.7 Å². The number of nitrogens with one attached hydrogen (secondary N) is 2. The molecule has 34 heavy (non-hydrogen) atoms. The van der Waals surface area contributed by atoms with Crippen LogP contribution in [-0.2, 0) is 12.7 Å². The molecule has 4 rings (SSSR count). The second-order valence-electron chi connectivity index (χ2n) is 8.89. The third kappa shape index (κ3) is 5.67. The molecule has 0 bridgehead atoms. The Kier molecular flexibility index (Phi) is 7.06. The molecule has 1 saturated carbocycles. The Hall–Kier alpha value is -3.14. The van der Waals surface area contributed by atoms with E-state index in [9.17, 15) is 13.2 Å². The molecule has 1 fully saturated rings. The molecule has 0 radical (unpaired) electrons. The summed E-state index contributed by atoms with van der Waals surface area (Å²) in [6.45, 7) is 2.00. The Balaban J connectivity index is 1.36. The number of nitrogens with zero attached hydrogens (tertiary/aromatic N) is 5. The van der Waals surface area contributed by atoms with Gasteiger partial charge in [0, 0.05) is 44.4 Å². The van der Waals surface area contributed by atoms with Gasteiger partial charge in [0.15, 0.2) is 5.69 Å². The van der Waals surface area contributed by atoms with Crippen molar-refractivity contribution in [2.75, 3.05) is 24.3 Å². The number of hydrogen-bond donors (Lipinski definition) is 2. The molecule has 2 N–H and O–H groups in total. The summed E-state index contributed by atoms with van der Waals surface area (Å²) in [4.78, 5) is 10.8. The first kappa shape index (κ1) is 24.0. The molecule has 3 aromatic rings. The first-order valence-electron chi connectivity index (χ1n) is 11.4. The number of para-hydroxylation sites is 1. The second-order valence-corrected chi connectivity index (χ2v) is 8.89. The Morgan fingerprint density at radius 1 is 1.03 bits per heavy atom. The first-order valence-corrected chi connectivity index (χ1v) is 11.4. The highest BCUT2D eigenvalue weighted by Crippen LogP contribution is 2.34. The SMILES string of the molecule is Cc1nc(NC2CCC(NCc3cnn(-c4ccccc4)c3C(F)(F)F)CC2)cc(N(C)C)n1. The van der Waals surface area contributed by atoms with Crippen LogP contribution in [0.1, 0.15) is 42.8 Å². The van der Waals surface area contributed by atoms with Crippen molar-refractivity contribution in [2.45, 2.75) is 57.4 Å². The average molecular weight is 474 g/mol. The van der Waals surface area contributed by atoms with Crippen molar-refractivity contribution in [3.63, 3.8) is 0 Å². The number of hydrogen-bond acceptors (Lipinski definition) is 6. The highest BCUT2D eigenvalue weighted by molar-refractivity contribution is 5.49. The fraction of sp³-hybridized carbons (Fsp3) is 0.458. The van der Waals surface area contributed by atoms with Crippen molar-refractivity contribution >= 4 is 11.6 Å². The zero-order valence-electron chi connectivity index (χ0n) is 19.6. The number of alkyl halides is 3. The fourth-order valence-corrected chi connectivity index (χ4v) is 4.34. The van der Waals surface area contributed by atoms with Gasteiger partial charge in [0.05, 0.1) is 11.9 Å². The van der Waals surface area contributed by atoms with E-state index in [1.54, 1.807) is 30.3 Å². The molecule has 1 aliphatic rings. The van der Waals surface area contributed by atoms with Crippen LogP contribution in [0.4, 0.5) is 24.8 Å². The number of aromatic nitrogens is 4. The maximum atomic E-state index is 13.8. The predicted molar refractivity (Wildman–Crippen MR) is 126 cm³/mol. The monoisotopic (exact) mass is 473 g/mol. The van der Waals surface area contributed by atoms with Crippen LogP contribution in [0.15, 0.2) is 42.6 Å². The van der Waals surface area contributed by atoms with Crippen molar-refractivity contribution in [3.05, 3.63) is 59.7 Å². The average Bonchev–Trinajstić information content (AvgIpc) is 3.23. The lowest BCUT2D eigenvalue weighted by Gasteiger charge is -2.30. The van der Waals surface area contributed by atoms with E-state index in [0.29, 0.717) is 11.5 Å². The van der Waals surface area contributed by atoms with Crippen LogP contribution >= 0.6 is 0 Å². The van der Waals surface area contributed by atoms with E-state index in [1.807, 2.05) is 32.0 Å². The molecule has 0 spiro atoms. The molecule has 10 heteroatoms. The molecule has 2 aromatic heterocycles.